The molecule has 0 fully saturated rings. The van der Waals surface area contributed by atoms with Crippen LogP contribution in [-0.4, -0.2) is 25.7 Å². The van der Waals surface area contributed by atoms with Crippen molar-refractivity contribution >= 4 is 5.97 Å². The van der Waals surface area contributed by atoms with Gasteiger partial charge in [-0.25, -0.2) is 0 Å². The molecule has 0 aliphatic rings. The van der Waals surface area contributed by atoms with Crippen LogP contribution >= 0.6 is 0 Å². The van der Waals surface area contributed by atoms with E-state index in [4.69, 9.17) is 4.74 Å². The molecule has 0 aromatic rings. The Kier molecular flexibility index (Phi) is 5.47. The summed E-state index contributed by atoms with van der Waals surface area (Å²) in [7, 11) is 1.70. The lowest BCUT2D eigenvalue weighted by Crippen LogP contribution is -2.24. The second-order valence-corrected chi connectivity index (χ2v) is 2.20. The highest BCUT2D eigenvalue weighted by Crippen LogP contribution is 1.98. The third-order valence-corrected chi connectivity index (χ3v) is 1.27. The first-order valence-corrected chi connectivity index (χ1v) is 3.71. The lowest BCUT2D eigenvalue weighted by molar-refractivity contribution is -0.145. The lowest BCUT2D eigenvalue weighted by Gasteiger charge is -2.10. The predicted molar refractivity (Wildman–Crippen MR) is 44.3 cm³/mol. The standard InChI is InChI=1S/C8H15NO2/c1-4-7(5-2)11-8(10)6-9-3/h4,7,9H,1,5-6H2,2-3H3. The van der Waals surface area contributed by atoms with Gasteiger partial charge in [-0.2, -0.15) is 0 Å². The van der Waals surface area contributed by atoms with Gasteiger partial charge in [-0.05, 0) is 13.5 Å². The van der Waals surface area contributed by atoms with Crippen LogP contribution in [0.25, 0.3) is 0 Å². The molecule has 0 radical (unpaired) electrons. The lowest BCUT2D eigenvalue weighted by atomic mass is 10.3. The van der Waals surface area contributed by atoms with Crippen LogP contribution in [0.4, 0.5) is 0 Å². The van der Waals surface area contributed by atoms with Gasteiger partial charge in [-0.1, -0.05) is 19.6 Å². The van der Waals surface area contributed by atoms with Crippen LogP contribution in [0, 0.1) is 0 Å². The first kappa shape index (κ1) is 10.2. The van der Waals surface area contributed by atoms with Crippen molar-refractivity contribution in [1.82, 2.24) is 5.32 Å². The Balaban J connectivity index is 3.62. The zero-order chi connectivity index (χ0) is 8.69. The molecular weight excluding hydrogens is 142 g/mol. The van der Waals surface area contributed by atoms with E-state index in [-0.39, 0.29) is 18.6 Å². The molecule has 1 unspecified atom stereocenters. The van der Waals surface area contributed by atoms with Gasteiger partial charge in [-0.3, -0.25) is 4.79 Å². The molecule has 0 aromatic heterocycles. The molecule has 0 saturated heterocycles. The third-order valence-electron chi connectivity index (χ3n) is 1.27. The minimum Gasteiger partial charge on any atom is -0.457 e. The van der Waals surface area contributed by atoms with E-state index in [0.29, 0.717) is 0 Å². The summed E-state index contributed by atoms with van der Waals surface area (Å²) in [6.45, 7) is 5.75. The Bertz CT molecular complexity index is 134. The number of ether oxygens (including phenoxy) is 1. The molecule has 0 heterocycles. The molecule has 0 saturated carbocycles. The fourth-order valence-electron chi connectivity index (χ4n) is 0.653. The number of likely N-dealkylation sites (N-methyl/N-ethyl adjacent to an activating group) is 1. The molecule has 0 rings (SSSR count). The van der Waals surface area contributed by atoms with Gasteiger partial charge in [-0.15, -0.1) is 0 Å². The van der Waals surface area contributed by atoms with Crippen LogP contribution in [0.2, 0.25) is 0 Å². The van der Waals surface area contributed by atoms with Crippen molar-refractivity contribution < 1.29 is 9.53 Å². The maximum atomic E-state index is 10.8. The van der Waals surface area contributed by atoms with Crippen LogP contribution in [0.3, 0.4) is 0 Å². The largest absolute Gasteiger partial charge is 0.457 e. The molecule has 0 bridgehead atoms. The Hall–Kier alpha value is -0.830. The smallest absolute Gasteiger partial charge is 0.320 e. The molecular formula is C8H15NO2. The summed E-state index contributed by atoms with van der Waals surface area (Å²) in [6, 6.07) is 0. The van der Waals surface area contributed by atoms with Gasteiger partial charge < -0.3 is 10.1 Å². The molecule has 11 heavy (non-hydrogen) atoms. The summed E-state index contributed by atoms with van der Waals surface area (Å²) in [5, 5.41) is 2.71. The van der Waals surface area contributed by atoms with Gasteiger partial charge in [0, 0.05) is 0 Å². The van der Waals surface area contributed by atoms with E-state index in [9.17, 15) is 4.79 Å². The number of nitrogens with one attached hydrogen (secondary N) is 1. The summed E-state index contributed by atoms with van der Waals surface area (Å²) in [6.07, 6.45) is 2.27. The summed E-state index contributed by atoms with van der Waals surface area (Å²) < 4.78 is 4.97. The highest BCUT2D eigenvalue weighted by Gasteiger charge is 2.06. The van der Waals surface area contributed by atoms with Gasteiger partial charge >= 0.3 is 5.97 Å². The van der Waals surface area contributed by atoms with E-state index in [2.05, 4.69) is 11.9 Å². The Labute approximate surface area is 67.4 Å². The summed E-state index contributed by atoms with van der Waals surface area (Å²) in [4.78, 5) is 10.8. The number of esters is 1. The summed E-state index contributed by atoms with van der Waals surface area (Å²) in [5.41, 5.74) is 0. The topological polar surface area (TPSA) is 38.3 Å². The van der Waals surface area contributed by atoms with E-state index >= 15 is 0 Å². The number of hydrogen-bond donors (Lipinski definition) is 1. The average molecular weight is 157 g/mol. The molecule has 1 atom stereocenters. The average Bonchev–Trinajstić information content (AvgIpc) is 2.01. The van der Waals surface area contributed by atoms with E-state index in [0.717, 1.165) is 6.42 Å². The second-order valence-electron chi connectivity index (χ2n) is 2.20. The highest BCUT2D eigenvalue weighted by atomic mass is 16.5. The van der Waals surface area contributed by atoms with Gasteiger partial charge in [0.25, 0.3) is 0 Å². The van der Waals surface area contributed by atoms with Gasteiger partial charge in [0.15, 0.2) is 0 Å². The van der Waals surface area contributed by atoms with Crippen molar-refractivity contribution in [3.8, 4) is 0 Å². The summed E-state index contributed by atoms with van der Waals surface area (Å²) in [5.74, 6) is -0.237. The number of hydrogen-bond acceptors (Lipinski definition) is 3. The first-order chi connectivity index (χ1) is 5.24. The minimum absolute atomic E-state index is 0.143. The van der Waals surface area contributed by atoms with E-state index in [1.807, 2.05) is 6.92 Å². The predicted octanol–water partition coefficient (Wildman–Crippen LogP) is 0.714. The second kappa shape index (κ2) is 5.92. The van der Waals surface area contributed by atoms with Crippen molar-refractivity contribution in [2.24, 2.45) is 0 Å². The molecule has 0 amide bonds. The molecule has 0 spiro atoms. The minimum atomic E-state index is -0.237. The molecule has 3 nitrogen and oxygen atoms in total. The number of rotatable bonds is 5. The van der Waals surface area contributed by atoms with Gasteiger partial charge in [0.05, 0.1) is 6.54 Å². The van der Waals surface area contributed by atoms with Gasteiger partial charge in [0.2, 0.25) is 0 Å². The highest BCUT2D eigenvalue weighted by molar-refractivity contribution is 5.71. The van der Waals surface area contributed by atoms with E-state index in [1.165, 1.54) is 0 Å². The zero-order valence-electron chi connectivity index (χ0n) is 7.09. The normalized spacial score (nSPS) is 12.2. The molecule has 0 aliphatic carbocycles. The first-order valence-electron chi connectivity index (χ1n) is 3.71. The maximum Gasteiger partial charge on any atom is 0.320 e. The maximum absolute atomic E-state index is 10.8. The van der Waals surface area contributed by atoms with Crippen molar-refractivity contribution in [2.75, 3.05) is 13.6 Å². The molecule has 3 heteroatoms. The van der Waals surface area contributed by atoms with Crippen LogP contribution in [0.1, 0.15) is 13.3 Å². The van der Waals surface area contributed by atoms with Crippen LogP contribution in [-0.2, 0) is 9.53 Å². The SMILES string of the molecule is C=CC(CC)OC(=O)CNC. The van der Waals surface area contributed by atoms with Crippen LogP contribution < -0.4 is 5.32 Å². The van der Waals surface area contributed by atoms with Crippen molar-refractivity contribution in [3.63, 3.8) is 0 Å². The van der Waals surface area contributed by atoms with Crippen LogP contribution in [0.15, 0.2) is 12.7 Å². The number of carbonyl (C=O) groups is 1. The quantitative estimate of drug-likeness (QED) is 0.472. The Morgan fingerprint density at radius 1 is 1.82 bits per heavy atom. The van der Waals surface area contributed by atoms with Crippen molar-refractivity contribution in [1.29, 1.82) is 0 Å². The number of carbonyl (C=O) groups excluding carboxylic acids is 1. The van der Waals surface area contributed by atoms with Crippen molar-refractivity contribution in [3.05, 3.63) is 12.7 Å². The molecule has 1 N–H and O–H groups in total. The third kappa shape index (κ3) is 4.56. The van der Waals surface area contributed by atoms with Gasteiger partial charge in [0.1, 0.15) is 6.10 Å². The summed E-state index contributed by atoms with van der Waals surface area (Å²) >= 11 is 0. The van der Waals surface area contributed by atoms with Crippen molar-refractivity contribution in [2.45, 2.75) is 19.4 Å². The van der Waals surface area contributed by atoms with E-state index < -0.39 is 0 Å². The molecule has 64 valence electrons. The Morgan fingerprint density at radius 3 is 2.82 bits per heavy atom. The van der Waals surface area contributed by atoms with Crippen LogP contribution in [0.5, 0.6) is 0 Å². The molecule has 0 aromatic carbocycles. The van der Waals surface area contributed by atoms with E-state index in [1.54, 1.807) is 13.1 Å². The fourth-order valence-corrected chi connectivity index (χ4v) is 0.653. The Morgan fingerprint density at radius 2 is 2.45 bits per heavy atom. The molecule has 0 aliphatic heterocycles. The monoisotopic (exact) mass is 157 g/mol. The zero-order valence-corrected chi connectivity index (χ0v) is 7.09. The fraction of sp³-hybridized carbons (Fsp3) is 0.625.